The van der Waals surface area contributed by atoms with E-state index in [4.69, 9.17) is 20.6 Å². The lowest BCUT2D eigenvalue weighted by atomic mass is 10.1. The Morgan fingerprint density at radius 1 is 0.742 bits per heavy atom. The van der Waals surface area contributed by atoms with Crippen LogP contribution in [0.25, 0.3) is 10.9 Å². The van der Waals surface area contributed by atoms with Crippen molar-refractivity contribution in [2.24, 2.45) is 0 Å². The van der Waals surface area contributed by atoms with Crippen LogP contribution in [0.15, 0.2) is 54.7 Å². The summed E-state index contributed by atoms with van der Waals surface area (Å²) in [6, 6.07) is 13.9. The van der Waals surface area contributed by atoms with E-state index in [1.165, 1.54) is 34.5 Å². The molecule has 3 atom stereocenters. The van der Waals surface area contributed by atoms with Crippen LogP contribution in [0.3, 0.4) is 0 Å². The van der Waals surface area contributed by atoms with Crippen LogP contribution in [-0.4, -0.2) is 283 Å². The van der Waals surface area contributed by atoms with Gasteiger partial charge in [0.15, 0.2) is 0 Å². The Balaban J connectivity index is 0.840. The molecule has 4 aliphatic heterocycles. The number of halogens is 3. The van der Waals surface area contributed by atoms with E-state index in [9.17, 15) is 61.8 Å². The molecule has 4 saturated heterocycles. The molecule has 7 rings (SSSR count). The number of nitrogens with zero attached hydrogens (tertiary/aromatic N) is 9. The number of likely N-dealkylation sites (tertiary alicyclic amines) is 2. The topological polar surface area (TPSA) is 294 Å². The number of fused-ring (bicyclic) bond motifs is 1. The summed E-state index contributed by atoms with van der Waals surface area (Å²) >= 11 is 3.62. The lowest BCUT2D eigenvalue weighted by Gasteiger charge is -2.35. The number of aliphatic carboxylic acids is 1. The second kappa shape index (κ2) is 40.7. The molecule has 7 amide bonds. The fourth-order valence-electron chi connectivity index (χ4n) is 12.0. The van der Waals surface area contributed by atoms with E-state index in [0.29, 0.717) is 141 Å². The van der Waals surface area contributed by atoms with Gasteiger partial charge < -0.3 is 45.1 Å². The van der Waals surface area contributed by atoms with Gasteiger partial charge in [-0.2, -0.15) is 0 Å². The van der Waals surface area contributed by atoms with Gasteiger partial charge in [0.05, 0.1) is 55.2 Å². The average Bonchev–Trinajstić information content (AvgIpc) is 1.81. The number of rotatable bonds is 37. The van der Waals surface area contributed by atoms with E-state index in [1.54, 1.807) is 23.1 Å². The molecule has 26 nitrogen and oxygen atoms in total. The molecule has 4 fully saturated rings. The maximum atomic E-state index is 14.0. The number of unbranched alkanes of at least 4 members (excludes halogenated alkanes) is 3. The Morgan fingerprint density at radius 2 is 1.41 bits per heavy atom. The number of aryl methyl sites for hydroxylation is 1. The van der Waals surface area contributed by atoms with Gasteiger partial charge in [0.2, 0.25) is 35.4 Å². The lowest BCUT2D eigenvalue weighted by molar-refractivity contribution is -0.140. The Hall–Kier alpha value is -7.15. The number of nitrogens with one attached hydrogen (secondary N) is 3. The maximum Gasteiger partial charge on any atom is 0.317 e. The van der Waals surface area contributed by atoms with Gasteiger partial charge in [-0.3, -0.25) is 82.3 Å². The van der Waals surface area contributed by atoms with Gasteiger partial charge in [0.1, 0.15) is 19.2 Å². The quantitative estimate of drug-likeness (QED) is 0.0212. The molecule has 0 saturated carbocycles. The van der Waals surface area contributed by atoms with E-state index in [2.05, 4.69) is 66.5 Å². The molecular formula is C67H91F2IN12O14S. The predicted molar refractivity (Wildman–Crippen MR) is 366 cm³/mol. The zero-order valence-electron chi connectivity index (χ0n) is 54.9. The monoisotopic (exact) mass is 1480 g/mol. The van der Waals surface area contributed by atoms with Crippen molar-refractivity contribution in [2.75, 3.05) is 151 Å². The number of benzene rings is 2. The van der Waals surface area contributed by atoms with Crippen LogP contribution in [0, 0.1) is 15.9 Å². The van der Waals surface area contributed by atoms with Crippen molar-refractivity contribution >= 4 is 106 Å². The molecule has 0 bridgehead atoms. The Labute approximate surface area is 583 Å². The van der Waals surface area contributed by atoms with Crippen molar-refractivity contribution in [1.29, 1.82) is 0 Å². The standard InChI is InChI=1S/C67H91F2IN12O14S/c1-2-52-40-67(68,69)45-82(52)63(89)42-74-65(92)55-20-22-71-57-19-18-53(38-56(55)57)96-37-7-6-23-75-33-35-80(36-34-75)61(87)13-9-24-81-62(88)39-58(66(81)93)97-54(11-4-3-5-21-72-59(85)12-8-10-50-14-16-51(70)17-15-50)41-73-60(86)43-76-25-26-77(44-64(90)91)28-30-79(47-95-49-84)32-31-78(29-27-76)46-94-48-83/h1,14-20,22,38,48-49,52,54,58H,3-13,21,23-37,39-47H2,(H,72,85)(H,73,86)(H,74,92)(H,90,91)/t52-,54?,58?/m0/s1. The summed E-state index contributed by atoms with van der Waals surface area (Å²) in [5.41, 5.74) is 1.94. The first kappa shape index (κ1) is 77.2. The molecule has 0 spiro atoms. The number of pyridine rings is 1. The minimum Gasteiger partial charge on any atom is -0.494 e. The maximum absolute atomic E-state index is 14.0. The number of piperazine rings is 1. The van der Waals surface area contributed by atoms with Crippen LogP contribution in [0.4, 0.5) is 8.78 Å². The highest BCUT2D eigenvalue weighted by atomic mass is 127. The first-order valence-electron chi connectivity index (χ1n) is 33.2. The third-order valence-corrected chi connectivity index (χ3v) is 19.7. The molecule has 5 heterocycles. The van der Waals surface area contributed by atoms with Gasteiger partial charge in [0, 0.05) is 144 Å². The fourth-order valence-corrected chi connectivity index (χ4v) is 13.8. The van der Waals surface area contributed by atoms with E-state index < -0.39 is 54.5 Å². The van der Waals surface area contributed by atoms with Gasteiger partial charge in [0.25, 0.3) is 24.8 Å². The number of carboxylic acids is 1. The highest BCUT2D eigenvalue weighted by Crippen LogP contribution is 2.33. The van der Waals surface area contributed by atoms with Crippen LogP contribution in [0.5, 0.6) is 5.75 Å². The number of ether oxygens (including phenoxy) is 3. The van der Waals surface area contributed by atoms with Crippen LogP contribution < -0.4 is 20.7 Å². The molecule has 3 aromatic rings. The first-order chi connectivity index (χ1) is 46.8. The van der Waals surface area contributed by atoms with E-state index >= 15 is 0 Å². The summed E-state index contributed by atoms with van der Waals surface area (Å²) < 4.78 is 45.3. The average molecular weight is 1490 g/mol. The van der Waals surface area contributed by atoms with Crippen molar-refractivity contribution < 1.29 is 76.0 Å². The van der Waals surface area contributed by atoms with Gasteiger partial charge in [-0.15, -0.1) is 18.2 Å². The molecule has 4 N–H and O–H groups in total. The van der Waals surface area contributed by atoms with Crippen molar-refractivity contribution in [3.8, 4) is 18.1 Å². The van der Waals surface area contributed by atoms with Crippen molar-refractivity contribution in [2.45, 2.75) is 106 Å². The largest absolute Gasteiger partial charge is 0.494 e. The molecule has 0 aliphatic carbocycles. The fraction of sp³-hybridized carbons (Fsp3) is 0.597. The molecule has 530 valence electrons. The van der Waals surface area contributed by atoms with Gasteiger partial charge in [-0.1, -0.05) is 30.9 Å². The molecule has 4 aliphatic rings. The Morgan fingerprint density at radius 3 is 2.08 bits per heavy atom. The summed E-state index contributed by atoms with van der Waals surface area (Å²) in [7, 11) is 0. The van der Waals surface area contributed by atoms with Gasteiger partial charge in [-0.25, -0.2) is 8.78 Å². The van der Waals surface area contributed by atoms with Crippen molar-refractivity contribution in [3.05, 3.63) is 69.4 Å². The molecular weight excluding hydrogens is 1390 g/mol. The smallest absolute Gasteiger partial charge is 0.317 e. The van der Waals surface area contributed by atoms with Crippen LogP contribution in [-0.2, 0) is 59.0 Å². The number of carboxylic acid groups (broad SMARTS) is 1. The molecule has 2 aromatic carbocycles. The second-order valence-electron chi connectivity index (χ2n) is 24.6. The second-order valence-corrected chi connectivity index (χ2v) is 27.4. The number of imide groups is 1. The number of hydrogen-bond donors (Lipinski definition) is 4. The number of alkyl halides is 2. The van der Waals surface area contributed by atoms with Crippen LogP contribution in [0.2, 0.25) is 0 Å². The Kier molecular flexibility index (Phi) is 32.4. The third kappa shape index (κ3) is 26.6. The van der Waals surface area contributed by atoms with Crippen LogP contribution in [0.1, 0.15) is 93.0 Å². The summed E-state index contributed by atoms with van der Waals surface area (Å²) in [5, 5.41) is 17.9. The zero-order valence-corrected chi connectivity index (χ0v) is 57.9. The normalized spacial score (nSPS) is 18.9. The van der Waals surface area contributed by atoms with E-state index in [1.807, 2.05) is 31.7 Å². The van der Waals surface area contributed by atoms with Gasteiger partial charge >= 0.3 is 5.97 Å². The van der Waals surface area contributed by atoms with Gasteiger partial charge in [-0.05, 0) is 116 Å². The number of aromatic nitrogens is 1. The molecule has 30 heteroatoms. The summed E-state index contributed by atoms with van der Waals surface area (Å²) in [6.45, 7) is 6.48. The molecule has 2 unspecified atom stereocenters. The minimum absolute atomic E-state index is 0.000876. The lowest BCUT2D eigenvalue weighted by Crippen LogP contribution is -2.49. The number of thioether (sulfide) groups is 1. The SMILES string of the molecule is C#C[C@H]1CC(F)(F)CN1C(=O)CNC(=O)c1ccnc2ccc(OCCCCN3CCN(C(=O)CCCN4C(=O)CC(SC(CCCCCNC(=O)CCCc5ccc(I)cc5)CNC(=O)CN5CCN(COC=O)CCN(COC=O)CCN(CC(=O)O)CC5)C4=O)CC3)cc12. The van der Waals surface area contributed by atoms with E-state index in [-0.39, 0.29) is 92.8 Å². The highest BCUT2D eigenvalue weighted by molar-refractivity contribution is 14.1. The number of amides is 7. The molecule has 0 radical (unpaired) electrons. The summed E-state index contributed by atoms with van der Waals surface area (Å²) in [6.07, 6.45) is 13.0. The highest BCUT2D eigenvalue weighted by Gasteiger charge is 2.46. The van der Waals surface area contributed by atoms with Crippen LogP contribution >= 0.6 is 34.4 Å². The first-order valence-corrected chi connectivity index (χ1v) is 35.2. The Bertz CT molecular complexity index is 3170. The molecule has 1 aromatic heterocycles. The molecule has 97 heavy (non-hydrogen) atoms. The zero-order chi connectivity index (χ0) is 69.5. The summed E-state index contributed by atoms with van der Waals surface area (Å²) in [4.78, 5) is 146. The number of terminal acetylenes is 1. The summed E-state index contributed by atoms with van der Waals surface area (Å²) in [5.74, 6) is -3.66. The number of carbonyl (C=O) groups is 10. The minimum atomic E-state index is -3.10. The number of carbonyl (C=O) groups excluding carboxylic acids is 9. The predicted octanol–water partition coefficient (Wildman–Crippen LogP) is 3.13. The van der Waals surface area contributed by atoms with Crippen molar-refractivity contribution in [1.82, 2.24) is 60.1 Å². The third-order valence-electron chi connectivity index (χ3n) is 17.5. The number of hydrogen-bond acceptors (Lipinski definition) is 20. The van der Waals surface area contributed by atoms with Crippen molar-refractivity contribution in [3.63, 3.8) is 0 Å². The van der Waals surface area contributed by atoms with E-state index in [0.717, 1.165) is 60.0 Å².